The molecule has 0 spiro atoms. The average Bonchev–Trinajstić information content (AvgIpc) is 3.92. The second-order valence-corrected chi connectivity index (χ2v) is 24.8. The molecule has 5 nitrogen and oxygen atoms in total. The standard InChI is InChI=1S/C66H72N4O.Pt/c1-61(2,3)46-27-30-57-56(38-46)55-29-28-53(41-58(55)70(57)60-39-47(31-32-67-60)62(4,5)6)71-54-37-50(65(13,14)44-23-19-17-20-24-44)36-51(40-54)68-42-59(66(15,16)45-25-21-18-22-26-45)69(43-68)52-34-48(63(7,8)9)33-49(35-52)64(10,11)12;/h17-39,42H,1-16H3;/q-2;. The van der Waals surface area contributed by atoms with Crippen molar-refractivity contribution in [3.63, 3.8) is 0 Å². The number of rotatable bonds is 9. The number of hydrogen-bond donors (Lipinski definition) is 0. The molecule has 9 rings (SSSR count). The molecule has 0 aliphatic rings. The van der Waals surface area contributed by atoms with Crippen LogP contribution in [0, 0.1) is 18.5 Å². The minimum absolute atomic E-state index is 0. The number of fused-ring (bicyclic) bond motifs is 3. The third-order valence-corrected chi connectivity index (χ3v) is 14.6. The van der Waals surface area contributed by atoms with Crippen LogP contribution < -0.4 is 9.30 Å². The van der Waals surface area contributed by atoms with Gasteiger partial charge in [-0.05, 0) is 102 Å². The summed E-state index contributed by atoms with van der Waals surface area (Å²) in [5, 5.41) is 2.25. The Balaban J connectivity index is 0.00000693. The predicted octanol–water partition coefficient (Wildman–Crippen LogP) is 16.3. The van der Waals surface area contributed by atoms with Gasteiger partial charge in [-0.25, -0.2) is 4.98 Å². The quantitative estimate of drug-likeness (QED) is 0.107. The molecule has 0 radical (unpaired) electrons. The Bertz CT molecular complexity index is 3390. The molecule has 374 valence electrons. The van der Waals surface area contributed by atoms with Gasteiger partial charge in [0, 0.05) is 55.9 Å². The smallest absolute Gasteiger partial charge is 0.267 e. The van der Waals surface area contributed by atoms with Crippen LogP contribution in [0.4, 0.5) is 0 Å². The second-order valence-electron chi connectivity index (χ2n) is 24.8. The van der Waals surface area contributed by atoms with Crippen LogP contribution in [-0.2, 0) is 53.6 Å². The van der Waals surface area contributed by atoms with Gasteiger partial charge in [0.25, 0.3) is 6.33 Å². The SMILES string of the molecule is CC(C)(C)c1cc(-[n+]2[c-]n(-c3[c-]c(Oc4[c-]c5c(cc4)c4cc(C(C)(C)C)ccc4n5-c4cc(C(C)(C)C)ccn4)cc(C(C)(C)c4ccccc4)c3)cc2C(C)(C)c2ccccc2)cc(C(C)(C)C)c1.[Pt]. The summed E-state index contributed by atoms with van der Waals surface area (Å²) in [6, 6.07) is 55.9. The summed E-state index contributed by atoms with van der Waals surface area (Å²) in [6.45, 7) is 36.5. The van der Waals surface area contributed by atoms with Crippen molar-refractivity contribution < 1.29 is 30.4 Å². The topological polar surface area (TPSA) is 35.9 Å². The summed E-state index contributed by atoms with van der Waals surface area (Å²) >= 11 is 0. The van der Waals surface area contributed by atoms with Crippen LogP contribution in [0.3, 0.4) is 0 Å². The fraction of sp³-hybridized carbons (Fsp3) is 0.333. The van der Waals surface area contributed by atoms with Crippen molar-refractivity contribution in [1.29, 1.82) is 0 Å². The summed E-state index contributed by atoms with van der Waals surface area (Å²) in [5.41, 5.74) is 12.5. The first-order chi connectivity index (χ1) is 33.2. The number of imidazole rings is 1. The van der Waals surface area contributed by atoms with Gasteiger partial charge in [0.15, 0.2) is 0 Å². The predicted molar refractivity (Wildman–Crippen MR) is 294 cm³/mol. The molecule has 0 aliphatic carbocycles. The molecule has 3 heterocycles. The van der Waals surface area contributed by atoms with Gasteiger partial charge in [-0.3, -0.25) is 4.57 Å². The van der Waals surface area contributed by atoms with E-state index in [1.54, 1.807) is 0 Å². The Hall–Kier alpha value is -6.03. The van der Waals surface area contributed by atoms with Gasteiger partial charge in [0.1, 0.15) is 5.82 Å². The van der Waals surface area contributed by atoms with Crippen LogP contribution in [0.15, 0.2) is 146 Å². The molecule has 0 aliphatic heterocycles. The van der Waals surface area contributed by atoms with E-state index in [-0.39, 0.29) is 42.7 Å². The van der Waals surface area contributed by atoms with E-state index in [4.69, 9.17) is 9.72 Å². The summed E-state index contributed by atoms with van der Waals surface area (Å²) in [5.74, 6) is 2.03. The molecular weight excluding hydrogens is 1060 g/mol. The molecule has 9 aromatic rings. The number of aromatic nitrogens is 4. The zero-order valence-corrected chi connectivity index (χ0v) is 47.6. The number of pyridine rings is 1. The Morgan fingerprint density at radius 1 is 0.472 bits per heavy atom. The van der Waals surface area contributed by atoms with Crippen LogP contribution in [0.1, 0.15) is 155 Å². The molecule has 6 aromatic carbocycles. The van der Waals surface area contributed by atoms with Crippen molar-refractivity contribution in [2.24, 2.45) is 0 Å². The van der Waals surface area contributed by atoms with E-state index in [1.165, 1.54) is 33.4 Å². The minimum atomic E-state index is -0.402. The fourth-order valence-corrected chi connectivity index (χ4v) is 9.65. The van der Waals surface area contributed by atoms with Crippen molar-refractivity contribution in [2.75, 3.05) is 0 Å². The van der Waals surface area contributed by atoms with Crippen LogP contribution in [0.25, 0.3) is 39.0 Å². The van der Waals surface area contributed by atoms with Crippen molar-refractivity contribution in [3.8, 4) is 28.7 Å². The molecule has 72 heavy (non-hydrogen) atoms. The van der Waals surface area contributed by atoms with Crippen molar-refractivity contribution in [3.05, 3.63) is 209 Å². The monoisotopic (exact) mass is 1130 g/mol. The van der Waals surface area contributed by atoms with Gasteiger partial charge in [-0.15, -0.1) is 35.2 Å². The van der Waals surface area contributed by atoms with Gasteiger partial charge in [0.05, 0.1) is 11.4 Å². The van der Waals surface area contributed by atoms with Crippen LogP contribution >= 0.6 is 0 Å². The third kappa shape index (κ3) is 10.2. The Morgan fingerprint density at radius 2 is 1.04 bits per heavy atom. The Labute approximate surface area is 444 Å². The zero-order valence-electron chi connectivity index (χ0n) is 45.4. The average molecular weight is 1130 g/mol. The summed E-state index contributed by atoms with van der Waals surface area (Å²) < 4.78 is 13.7. The van der Waals surface area contributed by atoms with Crippen molar-refractivity contribution in [2.45, 2.75) is 143 Å². The molecule has 0 fully saturated rings. The largest absolute Gasteiger partial charge is 0.510 e. The normalized spacial score (nSPS) is 12.9. The number of benzene rings is 6. The Morgan fingerprint density at radius 3 is 1.62 bits per heavy atom. The van der Waals surface area contributed by atoms with Gasteiger partial charge in [-0.2, -0.15) is 12.1 Å². The first-order valence-electron chi connectivity index (χ1n) is 25.3. The van der Waals surface area contributed by atoms with E-state index < -0.39 is 10.8 Å². The zero-order chi connectivity index (χ0) is 51.1. The molecule has 0 unspecified atom stereocenters. The van der Waals surface area contributed by atoms with Gasteiger partial charge >= 0.3 is 0 Å². The number of ether oxygens (including phenoxy) is 1. The van der Waals surface area contributed by atoms with Gasteiger partial charge < -0.3 is 13.9 Å². The molecule has 0 bridgehead atoms. The maximum Gasteiger partial charge on any atom is 0.267 e. The fourth-order valence-electron chi connectivity index (χ4n) is 9.65. The summed E-state index contributed by atoms with van der Waals surface area (Å²) in [7, 11) is 0. The van der Waals surface area contributed by atoms with Crippen LogP contribution in [0.2, 0.25) is 0 Å². The molecule has 0 amide bonds. The van der Waals surface area contributed by atoms with E-state index in [2.05, 4.69) is 277 Å². The molecule has 0 saturated carbocycles. The summed E-state index contributed by atoms with van der Waals surface area (Å²) in [4.78, 5) is 4.98. The first kappa shape index (κ1) is 52.3. The number of nitrogens with zero attached hydrogens (tertiary/aromatic N) is 4. The minimum Gasteiger partial charge on any atom is -0.510 e. The van der Waals surface area contributed by atoms with E-state index in [0.717, 1.165) is 50.3 Å². The molecule has 0 N–H and O–H groups in total. The maximum atomic E-state index is 7.05. The molecule has 6 heteroatoms. The molecule has 0 saturated heterocycles. The van der Waals surface area contributed by atoms with Gasteiger partial charge in [0.2, 0.25) is 0 Å². The molecule has 0 atom stereocenters. The molecule has 3 aromatic heterocycles. The van der Waals surface area contributed by atoms with Crippen molar-refractivity contribution in [1.82, 2.24) is 14.1 Å². The molecular formula is C66H72N4OPt-2. The van der Waals surface area contributed by atoms with Gasteiger partial charge in [-0.1, -0.05) is 195 Å². The maximum absolute atomic E-state index is 7.05. The third-order valence-electron chi connectivity index (χ3n) is 14.6. The van der Waals surface area contributed by atoms with Crippen LogP contribution in [-0.4, -0.2) is 14.1 Å². The Kier molecular flexibility index (Phi) is 13.6. The van der Waals surface area contributed by atoms with E-state index in [9.17, 15) is 0 Å². The van der Waals surface area contributed by atoms with E-state index in [0.29, 0.717) is 11.5 Å². The van der Waals surface area contributed by atoms with Crippen LogP contribution in [0.5, 0.6) is 11.5 Å². The number of hydrogen-bond acceptors (Lipinski definition) is 2. The summed E-state index contributed by atoms with van der Waals surface area (Å²) in [6.07, 6.45) is 8.04. The second kappa shape index (κ2) is 18.8. The first-order valence-corrected chi connectivity index (χ1v) is 25.3. The van der Waals surface area contributed by atoms with E-state index in [1.807, 2.05) is 12.3 Å². The van der Waals surface area contributed by atoms with Crippen molar-refractivity contribution >= 4 is 21.8 Å². The van der Waals surface area contributed by atoms with E-state index >= 15 is 0 Å².